The highest BCUT2D eigenvalue weighted by molar-refractivity contribution is 5.97. The minimum Gasteiger partial charge on any atom is -0.480 e. The number of hydrogen-bond donors (Lipinski definition) is 1. The maximum atomic E-state index is 12.0. The standard InChI is InChI=1S/C21H32N2O3/c1-14-11-15(2)21(17(4)24)16(3)19(14)12-23-9-6-7-18(8-10-23)22(5)13-20(25)26/h11,18H,6-10,12-13H2,1-5H3,(H,25,26). The van der Waals surface area contributed by atoms with E-state index < -0.39 is 5.97 Å². The molecule has 1 fully saturated rings. The first kappa shape index (κ1) is 20.6. The number of rotatable bonds is 6. The van der Waals surface area contributed by atoms with Crippen LogP contribution in [0, 0.1) is 20.8 Å². The quantitative estimate of drug-likeness (QED) is 0.790. The molecule has 1 heterocycles. The number of hydrogen-bond acceptors (Lipinski definition) is 4. The van der Waals surface area contributed by atoms with E-state index in [0.717, 1.165) is 55.6 Å². The summed E-state index contributed by atoms with van der Waals surface area (Å²) in [4.78, 5) is 27.4. The molecule has 2 rings (SSSR count). The fraction of sp³-hybridized carbons (Fsp3) is 0.619. The van der Waals surface area contributed by atoms with Crippen LogP contribution in [-0.4, -0.2) is 59.4 Å². The highest BCUT2D eigenvalue weighted by Crippen LogP contribution is 2.25. The molecule has 1 aromatic rings. The van der Waals surface area contributed by atoms with Gasteiger partial charge in [-0.3, -0.25) is 19.4 Å². The summed E-state index contributed by atoms with van der Waals surface area (Å²) in [6, 6.07) is 2.45. The number of aryl methyl sites for hydroxylation is 2. The fourth-order valence-electron chi connectivity index (χ4n) is 4.31. The fourth-order valence-corrected chi connectivity index (χ4v) is 4.31. The Balaban J connectivity index is 2.11. The van der Waals surface area contributed by atoms with Crippen molar-refractivity contribution in [2.75, 3.05) is 26.7 Å². The van der Waals surface area contributed by atoms with Crippen LogP contribution in [0.25, 0.3) is 0 Å². The highest BCUT2D eigenvalue weighted by atomic mass is 16.4. The zero-order chi connectivity index (χ0) is 19.4. The van der Waals surface area contributed by atoms with Crippen LogP contribution < -0.4 is 0 Å². The van der Waals surface area contributed by atoms with Crippen LogP contribution >= 0.6 is 0 Å². The lowest BCUT2D eigenvalue weighted by molar-refractivity contribution is -0.138. The third-order valence-corrected chi connectivity index (χ3v) is 5.66. The van der Waals surface area contributed by atoms with Gasteiger partial charge in [-0.15, -0.1) is 0 Å². The SMILES string of the molecule is CC(=O)c1c(C)cc(C)c(CN2CCCC(N(C)CC(=O)O)CC2)c1C. The van der Waals surface area contributed by atoms with Crippen LogP contribution in [0.5, 0.6) is 0 Å². The van der Waals surface area contributed by atoms with Crippen molar-refractivity contribution < 1.29 is 14.7 Å². The van der Waals surface area contributed by atoms with Gasteiger partial charge >= 0.3 is 5.97 Å². The Morgan fingerprint density at radius 1 is 1.19 bits per heavy atom. The molecule has 0 amide bonds. The molecule has 1 aliphatic rings. The molecule has 1 atom stereocenters. The van der Waals surface area contributed by atoms with E-state index in [-0.39, 0.29) is 12.3 Å². The summed E-state index contributed by atoms with van der Waals surface area (Å²) in [5, 5.41) is 9.01. The maximum Gasteiger partial charge on any atom is 0.317 e. The van der Waals surface area contributed by atoms with E-state index in [9.17, 15) is 9.59 Å². The number of carboxylic acid groups (broad SMARTS) is 1. The van der Waals surface area contributed by atoms with Crippen molar-refractivity contribution in [3.8, 4) is 0 Å². The van der Waals surface area contributed by atoms with Crippen molar-refractivity contribution in [2.45, 2.75) is 59.5 Å². The van der Waals surface area contributed by atoms with Crippen molar-refractivity contribution in [1.82, 2.24) is 9.80 Å². The maximum absolute atomic E-state index is 12.0. The molecule has 1 unspecified atom stereocenters. The van der Waals surface area contributed by atoms with Crippen molar-refractivity contribution in [3.05, 3.63) is 33.9 Å². The number of carbonyl (C=O) groups excluding carboxylic acids is 1. The predicted octanol–water partition coefficient (Wildman–Crippen LogP) is 3.19. The molecule has 0 radical (unpaired) electrons. The summed E-state index contributed by atoms with van der Waals surface area (Å²) in [5.41, 5.74) is 5.53. The first-order valence-electron chi connectivity index (χ1n) is 9.45. The minimum absolute atomic E-state index is 0.100. The predicted molar refractivity (Wildman–Crippen MR) is 104 cm³/mol. The molecule has 26 heavy (non-hydrogen) atoms. The average molecular weight is 360 g/mol. The monoisotopic (exact) mass is 360 g/mol. The number of likely N-dealkylation sites (N-methyl/N-ethyl adjacent to an activating group) is 1. The van der Waals surface area contributed by atoms with Gasteiger partial charge in [0.05, 0.1) is 6.54 Å². The largest absolute Gasteiger partial charge is 0.480 e. The second kappa shape index (κ2) is 8.78. The second-order valence-corrected chi connectivity index (χ2v) is 7.71. The van der Waals surface area contributed by atoms with E-state index in [4.69, 9.17) is 5.11 Å². The molecule has 0 spiro atoms. The number of ketones is 1. The summed E-state index contributed by atoms with van der Waals surface area (Å²) in [6.07, 6.45) is 3.08. The summed E-state index contributed by atoms with van der Waals surface area (Å²) < 4.78 is 0. The molecular formula is C21H32N2O3. The molecule has 144 valence electrons. The first-order valence-corrected chi connectivity index (χ1v) is 9.45. The van der Waals surface area contributed by atoms with Gasteiger partial charge in [0.25, 0.3) is 0 Å². The smallest absolute Gasteiger partial charge is 0.317 e. The number of aliphatic carboxylic acids is 1. The van der Waals surface area contributed by atoms with Gasteiger partial charge in [0.15, 0.2) is 5.78 Å². The Kier molecular flexibility index (Phi) is 6.95. The van der Waals surface area contributed by atoms with E-state index >= 15 is 0 Å². The third kappa shape index (κ3) is 4.92. The van der Waals surface area contributed by atoms with Gasteiger partial charge < -0.3 is 5.11 Å². The molecule has 0 saturated carbocycles. The molecule has 5 nitrogen and oxygen atoms in total. The molecule has 1 saturated heterocycles. The van der Waals surface area contributed by atoms with Gasteiger partial charge in [0, 0.05) is 18.2 Å². The second-order valence-electron chi connectivity index (χ2n) is 7.71. The first-order chi connectivity index (χ1) is 12.2. The Labute approximate surface area is 157 Å². The third-order valence-electron chi connectivity index (χ3n) is 5.66. The van der Waals surface area contributed by atoms with Crippen molar-refractivity contribution >= 4 is 11.8 Å². The molecule has 0 aliphatic carbocycles. The molecule has 1 aliphatic heterocycles. The van der Waals surface area contributed by atoms with Gasteiger partial charge in [0.2, 0.25) is 0 Å². The summed E-state index contributed by atoms with van der Waals surface area (Å²) in [5.74, 6) is -0.635. The molecule has 0 bridgehead atoms. The van der Waals surface area contributed by atoms with E-state index in [0.29, 0.717) is 6.04 Å². The number of Topliss-reactive ketones (excluding diaryl/α,β-unsaturated/α-hetero) is 1. The van der Waals surface area contributed by atoms with E-state index in [1.807, 2.05) is 18.9 Å². The van der Waals surface area contributed by atoms with Crippen LogP contribution in [0.4, 0.5) is 0 Å². The molecular weight excluding hydrogens is 328 g/mol. The van der Waals surface area contributed by atoms with Crippen LogP contribution in [0.15, 0.2) is 6.07 Å². The normalized spacial score (nSPS) is 18.8. The van der Waals surface area contributed by atoms with Crippen molar-refractivity contribution in [1.29, 1.82) is 0 Å². The number of likely N-dealkylation sites (tertiary alicyclic amines) is 1. The molecule has 0 aromatic heterocycles. The van der Waals surface area contributed by atoms with Gasteiger partial charge in [-0.05, 0) is 89.3 Å². The molecule has 1 N–H and O–H groups in total. The average Bonchev–Trinajstić information content (AvgIpc) is 2.75. The summed E-state index contributed by atoms with van der Waals surface area (Å²) in [6.45, 7) is 10.8. The van der Waals surface area contributed by atoms with Crippen LogP contribution in [0.3, 0.4) is 0 Å². The van der Waals surface area contributed by atoms with Gasteiger partial charge in [-0.2, -0.15) is 0 Å². The van der Waals surface area contributed by atoms with Gasteiger partial charge in [-0.1, -0.05) is 6.07 Å². The lowest BCUT2D eigenvalue weighted by Gasteiger charge is -2.26. The van der Waals surface area contributed by atoms with E-state index in [1.165, 1.54) is 11.1 Å². The summed E-state index contributed by atoms with van der Waals surface area (Å²) >= 11 is 0. The zero-order valence-electron chi connectivity index (χ0n) is 16.8. The van der Waals surface area contributed by atoms with Crippen molar-refractivity contribution in [3.63, 3.8) is 0 Å². The van der Waals surface area contributed by atoms with Crippen molar-refractivity contribution in [2.24, 2.45) is 0 Å². The lowest BCUT2D eigenvalue weighted by Crippen LogP contribution is -2.36. The Morgan fingerprint density at radius 3 is 2.50 bits per heavy atom. The molecule has 5 heteroatoms. The van der Waals surface area contributed by atoms with E-state index in [1.54, 1.807) is 6.92 Å². The summed E-state index contributed by atoms with van der Waals surface area (Å²) in [7, 11) is 1.90. The van der Waals surface area contributed by atoms with Crippen LogP contribution in [-0.2, 0) is 11.3 Å². The Bertz CT molecular complexity index is 684. The number of benzene rings is 1. The Hall–Kier alpha value is -1.72. The highest BCUT2D eigenvalue weighted by Gasteiger charge is 2.23. The lowest BCUT2D eigenvalue weighted by atomic mass is 9.91. The Morgan fingerprint density at radius 2 is 1.88 bits per heavy atom. The van der Waals surface area contributed by atoms with E-state index in [2.05, 4.69) is 24.8 Å². The number of carbonyl (C=O) groups is 2. The molecule has 1 aromatic carbocycles. The zero-order valence-corrected chi connectivity index (χ0v) is 16.8. The van der Waals surface area contributed by atoms with Crippen LogP contribution in [0.2, 0.25) is 0 Å². The van der Waals surface area contributed by atoms with Gasteiger partial charge in [-0.25, -0.2) is 0 Å². The number of nitrogens with zero attached hydrogens (tertiary/aromatic N) is 2. The van der Waals surface area contributed by atoms with Gasteiger partial charge in [0.1, 0.15) is 0 Å². The topological polar surface area (TPSA) is 60.9 Å². The minimum atomic E-state index is -0.767. The van der Waals surface area contributed by atoms with Crippen LogP contribution in [0.1, 0.15) is 58.8 Å². The number of carboxylic acids is 1.